The molecule has 6 heteroatoms. The highest BCUT2D eigenvalue weighted by Crippen LogP contribution is 2.22. The summed E-state index contributed by atoms with van der Waals surface area (Å²) in [6.07, 6.45) is 0. The third-order valence-corrected chi connectivity index (χ3v) is 2.80. The van der Waals surface area contributed by atoms with Gasteiger partial charge in [-0.25, -0.2) is 4.39 Å². The molecule has 5 nitrogen and oxygen atoms in total. The number of nitrogens with zero attached hydrogens (tertiary/aromatic N) is 3. The Bertz CT molecular complexity index is 607. The maximum absolute atomic E-state index is 13.5. The van der Waals surface area contributed by atoms with Crippen LogP contribution in [0.2, 0.25) is 0 Å². The van der Waals surface area contributed by atoms with Crippen molar-refractivity contribution < 1.29 is 9.31 Å². The van der Waals surface area contributed by atoms with Crippen LogP contribution in [0.1, 0.15) is 17.0 Å². The Balaban J connectivity index is 2.39. The van der Waals surface area contributed by atoms with Crippen molar-refractivity contribution >= 4 is 5.69 Å². The van der Waals surface area contributed by atoms with Crippen molar-refractivity contribution in [1.82, 2.24) is 9.78 Å². The van der Waals surface area contributed by atoms with E-state index in [-0.39, 0.29) is 18.0 Å². The molecule has 1 aromatic heterocycles. The lowest BCUT2D eigenvalue weighted by Crippen LogP contribution is -2.06. The van der Waals surface area contributed by atoms with E-state index in [0.29, 0.717) is 17.0 Å². The van der Waals surface area contributed by atoms with Crippen LogP contribution in [0.25, 0.3) is 0 Å². The number of hydrogen-bond donors (Lipinski definition) is 0. The summed E-state index contributed by atoms with van der Waals surface area (Å²) in [5.74, 6) is -0.340. The number of rotatable bonds is 3. The number of aryl methyl sites for hydroxylation is 1. The van der Waals surface area contributed by atoms with Gasteiger partial charge in [-0.1, -0.05) is 18.2 Å². The number of aromatic nitrogens is 2. The van der Waals surface area contributed by atoms with E-state index in [2.05, 4.69) is 5.10 Å². The molecule has 2 rings (SSSR count). The minimum Gasteiger partial charge on any atom is -0.258 e. The zero-order valence-corrected chi connectivity index (χ0v) is 10.1. The molecule has 0 spiro atoms. The van der Waals surface area contributed by atoms with Gasteiger partial charge in [0.15, 0.2) is 0 Å². The molecule has 0 aliphatic heterocycles. The number of benzene rings is 1. The Kier molecular flexibility index (Phi) is 3.10. The van der Waals surface area contributed by atoms with Crippen molar-refractivity contribution in [2.45, 2.75) is 20.4 Å². The topological polar surface area (TPSA) is 61.0 Å². The van der Waals surface area contributed by atoms with Crippen LogP contribution >= 0.6 is 0 Å². The molecule has 2 aromatic rings. The molecule has 0 atom stereocenters. The van der Waals surface area contributed by atoms with E-state index in [9.17, 15) is 14.5 Å². The van der Waals surface area contributed by atoms with Crippen LogP contribution in [0.5, 0.6) is 0 Å². The first-order valence-corrected chi connectivity index (χ1v) is 5.42. The maximum atomic E-state index is 13.5. The Labute approximate surface area is 103 Å². The minimum atomic E-state index is -0.463. The van der Waals surface area contributed by atoms with Crippen molar-refractivity contribution in [3.8, 4) is 0 Å². The summed E-state index contributed by atoms with van der Waals surface area (Å²) < 4.78 is 14.9. The van der Waals surface area contributed by atoms with Gasteiger partial charge in [0.1, 0.15) is 17.2 Å². The molecular weight excluding hydrogens is 237 g/mol. The molecule has 0 N–H and O–H groups in total. The van der Waals surface area contributed by atoms with Gasteiger partial charge in [-0.15, -0.1) is 0 Å². The summed E-state index contributed by atoms with van der Waals surface area (Å²) in [7, 11) is 0. The van der Waals surface area contributed by atoms with E-state index in [1.165, 1.54) is 10.7 Å². The second kappa shape index (κ2) is 4.56. The number of halogens is 1. The highest BCUT2D eigenvalue weighted by Gasteiger charge is 2.21. The summed E-state index contributed by atoms with van der Waals surface area (Å²) in [4.78, 5) is 10.4. The second-order valence-electron chi connectivity index (χ2n) is 4.03. The average molecular weight is 249 g/mol. The highest BCUT2D eigenvalue weighted by atomic mass is 19.1. The SMILES string of the molecule is Cc1nn(Cc2ccccc2F)c(C)c1[N+](=O)[O-]. The average Bonchev–Trinajstić information content (AvgIpc) is 2.57. The largest absolute Gasteiger partial charge is 0.312 e. The fraction of sp³-hybridized carbons (Fsp3) is 0.250. The van der Waals surface area contributed by atoms with Crippen LogP contribution in [-0.4, -0.2) is 14.7 Å². The molecule has 1 aromatic carbocycles. The lowest BCUT2D eigenvalue weighted by molar-refractivity contribution is -0.386. The van der Waals surface area contributed by atoms with E-state index in [1.807, 2.05) is 0 Å². The van der Waals surface area contributed by atoms with Crippen molar-refractivity contribution in [1.29, 1.82) is 0 Å². The lowest BCUT2D eigenvalue weighted by atomic mass is 10.2. The second-order valence-corrected chi connectivity index (χ2v) is 4.03. The molecule has 94 valence electrons. The number of hydrogen-bond acceptors (Lipinski definition) is 3. The van der Waals surface area contributed by atoms with Gasteiger partial charge in [-0.05, 0) is 19.9 Å². The van der Waals surface area contributed by atoms with Gasteiger partial charge in [0.25, 0.3) is 0 Å². The van der Waals surface area contributed by atoms with Crippen LogP contribution < -0.4 is 0 Å². The van der Waals surface area contributed by atoms with Crippen molar-refractivity contribution in [2.75, 3.05) is 0 Å². The first-order chi connectivity index (χ1) is 8.50. The van der Waals surface area contributed by atoms with E-state index in [4.69, 9.17) is 0 Å². The summed E-state index contributed by atoms with van der Waals surface area (Å²) in [5, 5.41) is 14.9. The third kappa shape index (κ3) is 2.09. The molecular formula is C12H12FN3O2. The van der Waals surface area contributed by atoms with Gasteiger partial charge >= 0.3 is 5.69 Å². The number of nitro groups is 1. The molecule has 0 unspecified atom stereocenters. The molecule has 18 heavy (non-hydrogen) atoms. The zero-order chi connectivity index (χ0) is 13.3. The van der Waals surface area contributed by atoms with Gasteiger partial charge in [-0.2, -0.15) is 5.10 Å². The van der Waals surface area contributed by atoms with Crippen molar-refractivity contribution in [3.05, 3.63) is 57.1 Å². The van der Waals surface area contributed by atoms with Gasteiger partial charge in [0.2, 0.25) is 0 Å². The summed E-state index contributed by atoms with van der Waals surface area (Å²) in [6.45, 7) is 3.37. The van der Waals surface area contributed by atoms with E-state index >= 15 is 0 Å². The lowest BCUT2D eigenvalue weighted by Gasteiger charge is -2.04. The van der Waals surface area contributed by atoms with Gasteiger partial charge in [0.05, 0.1) is 11.5 Å². The smallest absolute Gasteiger partial charge is 0.258 e. The Hall–Kier alpha value is -2.24. The minimum absolute atomic E-state index is 0.00802. The molecule has 0 radical (unpaired) electrons. The predicted octanol–water partition coefficient (Wildman–Crippen LogP) is 2.60. The monoisotopic (exact) mass is 249 g/mol. The Morgan fingerprint density at radius 2 is 2.06 bits per heavy atom. The summed E-state index contributed by atoms with van der Waals surface area (Å²) in [6, 6.07) is 6.31. The summed E-state index contributed by atoms with van der Waals surface area (Å²) >= 11 is 0. The van der Waals surface area contributed by atoms with Gasteiger partial charge in [0, 0.05) is 5.56 Å². The molecule has 0 aliphatic rings. The fourth-order valence-electron chi connectivity index (χ4n) is 1.89. The molecule has 0 aliphatic carbocycles. The molecule has 1 heterocycles. The molecule has 0 bridgehead atoms. The van der Waals surface area contributed by atoms with E-state index < -0.39 is 4.92 Å². The van der Waals surface area contributed by atoms with Crippen LogP contribution in [0.15, 0.2) is 24.3 Å². The molecule has 0 saturated heterocycles. The maximum Gasteiger partial charge on any atom is 0.312 e. The first kappa shape index (κ1) is 12.2. The third-order valence-electron chi connectivity index (χ3n) is 2.80. The quantitative estimate of drug-likeness (QED) is 0.620. The van der Waals surface area contributed by atoms with Gasteiger partial charge < -0.3 is 0 Å². The van der Waals surface area contributed by atoms with Crippen LogP contribution in [0.3, 0.4) is 0 Å². The zero-order valence-electron chi connectivity index (χ0n) is 10.1. The Morgan fingerprint density at radius 3 is 2.61 bits per heavy atom. The Morgan fingerprint density at radius 1 is 1.39 bits per heavy atom. The predicted molar refractivity (Wildman–Crippen MR) is 63.9 cm³/mol. The first-order valence-electron chi connectivity index (χ1n) is 5.42. The molecule has 0 saturated carbocycles. The fourth-order valence-corrected chi connectivity index (χ4v) is 1.89. The van der Waals surface area contributed by atoms with Gasteiger partial charge in [-0.3, -0.25) is 14.8 Å². The van der Waals surface area contributed by atoms with Crippen molar-refractivity contribution in [2.24, 2.45) is 0 Å². The normalized spacial score (nSPS) is 10.6. The highest BCUT2D eigenvalue weighted by molar-refractivity contribution is 5.39. The summed E-state index contributed by atoms with van der Waals surface area (Å²) in [5.41, 5.74) is 1.22. The van der Waals surface area contributed by atoms with Crippen LogP contribution in [0.4, 0.5) is 10.1 Å². The van der Waals surface area contributed by atoms with E-state index in [1.54, 1.807) is 32.0 Å². The standard InChI is InChI=1S/C12H12FN3O2/c1-8-12(16(17)18)9(2)15(14-8)7-10-5-3-4-6-11(10)13/h3-6H,7H2,1-2H3. The molecule has 0 amide bonds. The molecule has 0 fully saturated rings. The van der Waals surface area contributed by atoms with Crippen LogP contribution in [-0.2, 0) is 6.54 Å². The van der Waals surface area contributed by atoms with E-state index in [0.717, 1.165) is 0 Å². The van der Waals surface area contributed by atoms with Crippen molar-refractivity contribution in [3.63, 3.8) is 0 Å². The van der Waals surface area contributed by atoms with Crippen LogP contribution in [0, 0.1) is 29.8 Å².